The monoisotopic (exact) mass is 274 g/mol. The number of nitrogens with zero attached hydrogens (tertiary/aromatic N) is 2. The Morgan fingerprint density at radius 2 is 2.06 bits per heavy atom. The lowest BCUT2D eigenvalue weighted by molar-refractivity contribution is -0.116. The van der Waals surface area contributed by atoms with Crippen molar-refractivity contribution in [1.29, 1.82) is 0 Å². The fourth-order valence-electron chi connectivity index (χ4n) is 1.54. The summed E-state index contributed by atoms with van der Waals surface area (Å²) in [5.74, 6) is 0.252. The first-order valence-corrected chi connectivity index (χ1v) is 6.05. The topological polar surface area (TPSA) is 80.9 Å². The first-order chi connectivity index (χ1) is 8.08. The maximum Gasteiger partial charge on any atom is 0.226 e. The number of hydrogen-bond acceptors (Lipinski definition) is 4. The molecule has 1 amide bonds. The Morgan fingerprint density at radius 3 is 2.59 bits per heavy atom. The third-order valence-electron chi connectivity index (χ3n) is 2.67. The fourth-order valence-corrected chi connectivity index (χ4v) is 1.95. The van der Waals surface area contributed by atoms with Gasteiger partial charge in [0.1, 0.15) is 12.0 Å². The molecule has 5 nitrogen and oxygen atoms in total. The molecule has 1 fully saturated rings. The van der Waals surface area contributed by atoms with Crippen molar-refractivity contribution in [3.8, 4) is 0 Å². The molecule has 1 aliphatic carbocycles. The van der Waals surface area contributed by atoms with Crippen molar-refractivity contribution in [3.05, 3.63) is 16.6 Å². The summed E-state index contributed by atoms with van der Waals surface area (Å²) < 4.78 is 0. The van der Waals surface area contributed by atoms with Gasteiger partial charge in [0, 0.05) is 12.5 Å². The van der Waals surface area contributed by atoms with Crippen molar-refractivity contribution in [2.45, 2.75) is 25.3 Å². The molecule has 17 heavy (non-hydrogen) atoms. The molecule has 1 saturated carbocycles. The lowest BCUT2D eigenvalue weighted by Crippen LogP contribution is -2.29. The fraction of sp³-hybridized carbons (Fsp3) is 0.500. The average molecular weight is 275 g/mol. The van der Waals surface area contributed by atoms with E-state index in [1.807, 2.05) is 0 Å². The van der Waals surface area contributed by atoms with Gasteiger partial charge in [0.25, 0.3) is 0 Å². The number of nitrogens with one attached hydrogen (secondary N) is 1. The molecule has 0 aliphatic heterocycles. The molecule has 2 rings (SSSR count). The number of nitrogens with two attached hydrogens (primary N) is 1. The summed E-state index contributed by atoms with van der Waals surface area (Å²) in [5.41, 5.74) is 6.09. The van der Waals surface area contributed by atoms with Crippen molar-refractivity contribution in [1.82, 2.24) is 9.97 Å². The third kappa shape index (κ3) is 3.28. The minimum atomic E-state index is -0.219. The lowest BCUT2D eigenvalue weighted by Gasteiger charge is -2.11. The molecule has 7 heteroatoms. The molecule has 0 spiro atoms. The standard InChI is InChI=1S/C10H12Cl2N4O/c11-9-8(10(12)15-4-14-9)16-7(17)3-6(13)5-1-2-5/h4-6H,1-3,13H2,(H,16,17). The second-order valence-corrected chi connectivity index (χ2v) is 4.80. The van der Waals surface area contributed by atoms with Crippen LogP contribution in [-0.2, 0) is 4.79 Å². The van der Waals surface area contributed by atoms with Crippen LogP contribution in [0.5, 0.6) is 0 Å². The zero-order valence-electron chi connectivity index (χ0n) is 8.99. The first-order valence-electron chi connectivity index (χ1n) is 5.29. The molecule has 92 valence electrons. The lowest BCUT2D eigenvalue weighted by atomic mass is 10.1. The molecule has 1 aromatic heterocycles. The Labute approximate surface area is 109 Å². The number of aromatic nitrogens is 2. The van der Waals surface area contributed by atoms with Gasteiger partial charge in [-0.2, -0.15) is 0 Å². The van der Waals surface area contributed by atoms with E-state index in [1.54, 1.807) is 0 Å². The van der Waals surface area contributed by atoms with Crippen LogP contribution in [0.25, 0.3) is 0 Å². The van der Waals surface area contributed by atoms with E-state index in [2.05, 4.69) is 15.3 Å². The number of anilines is 1. The Bertz CT molecular complexity index is 416. The van der Waals surface area contributed by atoms with Crippen LogP contribution in [0.15, 0.2) is 6.33 Å². The largest absolute Gasteiger partial charge is 0.327 e. The highest BCUT2D eigenvalue weighted by Gasteiger charge is 2.30. The Kier molecular flexibility index (Phi) is 3.81. The van der Waals surface area contributed by atoms with Crippen LogP contribution in [0, 0.1) is 5.92 Å². The van der Waals surface area contributed by atoms with Crippen molar-refractivity contribution < 1.29 is 4.79 Å². The SMILES string of the molecule is NC(CC(=O)Nc1c(Cl)ncnc1Cl)C1CC1. The smallest absolute Gasteiger partial charge is 0.226 e. The highest BCUT2D eigenvalue weighted by atomic mass is 35.5. The normalized spacial score (nSPS) is 16.6. The molecule has 1 heterocycles. The summed E-state index contributed by atoms with van der Waals surface area (Å²) in [7, 11) is 0. The molecule has 0 aromatic carbocycles. The molecule has 0 bridgehead atoms. The van der Waals surface area contributed by atoms with E-state index in [9.17, 15) is 4.79 Å². The minimum absolute atomic E-state index is 0.0998. The second-order valence-electron chi connectivity index (χ2n) is 4.08. The molecule has 0 saturated heterocycles. The maximum atomic E-state index is 11.7. The van der Waals surface area contributed by atoms with Crippen LogP contribution in [0.4, 0.5) is 5.69 Å². The van der Waals surface area contributed by atoms with Crippen molar-refractivity contribution in [2.75, 3.05) is 5.32 Å². The van der Waals surface area contributed by atoms with E-state index < -0.39 is 0 Å². The Hall–Kier alpha value is -0.910. The van der Waals surface area contributed by atoms with Crippen LogP contribution >= 0.6 is 23.2 Å². The molecule has 1 aromatic rings. The van der Waals surface area contributed by atoms with Crippen molar-refractivity contribution in [2.24, 2.45) is 11.7 Å². The number of halogens is 2. The highest BCUT2D eigenvalue weighted by Crippen LogP contribution is 2.33. The average Bonchev–Trinajstić information content (AvgIpc) is 3.07. The summed E-state index contributed by atoms with van der Waals surface area (Å²) >= 11 is 11.6. The third-order valence-corrected chi connectivity index (χ3v) is 3.24. The number of hydrogen-bond donors (Lipinski definition) is 2. The van der Waals surface area contributed by atoms with E-state index in [1.165, 1.54) is 6.33 Å². The van der Waals surface area contributed by atoms with Crippen molar-refractivity contribution >= 4 is 34.8 Å². The van der Waals surface area contributed by atoms with E-state index >= 15 is 0 Å². The van der Waals surface area contributed by atoms with Gasteiger partial charge in [-0.15, -0.1) is 0 Å². The maximum absolute atomic E-state index is 11.7. The van der Waals surface area contributed by atoms with Gasteiger partial charge >= 0.3 is 0 Å². The van der Waals surface area contributed by atoms with Crippen LogP contribution < -0.4 is 11.1 Å². The molecular weight excluding hydrogens is 263 g/mol. The summed E-state index contributed by atoms with van der Waals surface area (Å²) in [5, 5.41) is 2.83. The molecule has 3 N–H and O–H groups in total. The predicted octanol–water partition coefficient (Wildman–Crippen LogP) is 1.85. The van der Waals surface area contributed by atoms with Gasteiger partial charge in [0.15, 0.2) is 10.3 Å². The van der Waals surface area contributed by atoms with Gasteiger partial charge in [0.05, 0.1) is 0 Å². The molecule has 1 aliphatic rings. The number of carbonyl (C=O) groups is 1. The van der Waals surface area contributed by atoms with Gasteiger partial charge in [-0.3, -0.25) is 4.79 Å². The van der Waals surface area contributed by atoms with E-state index in [4.69, 9.17) is 28.9 Å². The summed E-state index contributed by atoms with van der Waals surface area (Å²) in [6.07, 6.45) is 3.69. The zero-order valence-corrected chi connectivity index (χ0v) is 10.5. The Balaban J connectivity index is 1.97. The van der Waals surface area contributed by atoms with Crippen LogP contribution in [0.1, 0.15) is 19.3 Å². The minimum Gasteiger partial charge on any atom is -0.327 e. The van der Waals surface area contributed by atoms with E-state index in [-0.39, 0.29) is 34.4 Å². The number of amides is 1. The van der Waals surface area contributed by atoms with Gasteiger partial charge in [-0.1, -0.05) is 23.2 Å². The molecule has 1 unspecified atom stereocenters. The van der Waals surface area contributed by atoms with Crippen molar-refractivity contribution in [3.63, 3.8) is 0 Å². The molecule has 0 radical (unpaired) electrons. The first kappa shape index (κ1) is 12.5. The summed E-state index contributed by atoms with van der Waals surface area (Å²) in [4.78, 5) is 19.2. The number of rotatable bonds is 4. The van der Waals surface area contributed by atoms with E-state index in [0.29, 0.717) is 5.92 Å². The van der Waals surface area contributed by atoms with Crippen LogP contribution in [0.2, 0.25) is 10.3 Å². The van der Waals surface area contributed by atoms with Gasteiger partial charge < -0.3 is 11.1 Å². The number of carbonyl (C=O) groups excluding carboxylic acids is 1. The van der Waals surface area contributed by atoms with Crippen LogP contribution in [-0.4, -0.2) is 21.9 Å². The van der Waals surface area contributed by atoms with Crippen LogP contribution in [0.3, 0.4) is 0 Å². The summed E-state index contributed by atoms with van der Waals surface area (Å²) in [6, 6.07) is -0.0998. The quantitative estimate of drug-likeness (QED) is 0.822. The highest BCUT2D eigenvalue weighted by molar-refractivity contribution is 6.38. The molecule has 1 atom stereocenters. The molecular formula is C10H12Cl2N4O. The second kappa shape index (κ2) is 5.16. The van der Waals surface area contributed by atoms with Gasteiger partial charge in [-0.05, 0) is 18.8 Å². The van der Waals surface area contributed by atoms with E-state index in [0.717, 1.165) is 12.8 Å². The Morgan fingerprint density at radius 1 is 1.47 bits per heavy atom. The summed E-state index contributed by atoms with van der Waals surface area (Å²) in [6.45, 7) is 0. The predicted molar refractivity (Wildman–Crippen MR) is 66.0 cm³/mol. The van der Waals surface area contributed by atoms with Gasteiger partial charge in [0.2, 0.25) is 5.91 Å². The van der Waals surface area contributed by atoms with Gasteiger partial charge in [-0.25, -0.2) is 9.97 Å². The zero-order chi connectivity index (χ0) is 12.4.